The molecule has 0 unspecified atom stereocenters. The fourth-order valence-electron chi connectivity index (χ4n) is 2.01. The standard InChI is InChI=1S/C15H16N4O/c1-9-10(2)13(20-4)6-5-12(9)15-18-11(8-16)7-14(17-3)19-15/h5-7H,1-4H3,(H,17,18,19). The Kier molecular flexibility index (Phi) is 3.85. The summed E-state index contributed by atoms with van der Waals surface area (Å²) in [5, 5.41) is 12.0. The van der Waals surface area contributed by atoms with Gasteiger partial charge in [-0.3, -0.25) is 0 Å². The number of rotatable bonds is 3. The van der Waals surface area contributed by atoms with Gasteiger partial charge in [0, 0.05) is 18.7 Å². The average Bonchev–Trinajstić information content (AvgIpc) is 2.49. The molecule has 2 rings (SSSR count). The van der Waals surface area contributed by atoms with Gasteiger partial charge < -0.3 is 10.1 Å². The Labute approximate surface area is 118 Å². The van der Waals surface area contributed by atoms with Crippen molar-refractivity contribution in [3.8, 4) is 23.2 Å². The normalized spacial score (nSPS) is 9.95. The van der Waals surface area contributed by atoms with Crippen molar-refractivity contribution in [2.75, 3.05) is 19.5 Å². The highest BCUT2D eigenvalue weighted by Gasteiger charge is 2.12. The third kappa shape index (κ3) is 2.41. The topological polar surface area (TPSA) is 70.8 Å². The minimum atomic E-state index is 0.340. The van der Waals surface area contributed by atoms with Crippen molar-refractivity contribution in [1.82, 2.24) is 9.97 Å². The van der Waals surface area contributed by atoms with E-state index >= 15 is 0 Å². The Bertz CT molecular complexity index is 689. The fourth-order valence-corrected chi connectivity index (χ4v) is 2.01. The van der Waals surface area contributed by atoms with Crippen LogP contribution in [0.1, 0.15) is 16.8 Å². The molecule has 0 amide bonds. The number of methoxy groups -OCH3 is 1. The summed E-state index contributed by atoms with van der Waals surface area (Å²) in [4.78, 5) is 8.69. The highest BCUT2D eigenvalue weighted by molar-refractivity contribution is 5.66. The average molecular weight is 268 g/mol. The van der Waals surface area contributed by atoms with E-state index in [4.69, 9.17) is 10.00 Å². The summed E-state index contributed by atoms with van der Waals surface area (Å²) in [6, 6.07) is 7.47. The summed E-state index contributed by atoms with van der Waals surface area (Å²) in [7, 11) is 3.41. The molecule has 20 heavy (non-hydrogen) atoms. The molecule has 0 aliphatic carbocycles. The SMILES string of the molecule is CNc1cc(C#N)nc(-c2ccc(OC)c(C)c2C)n1. The summed E-state index contributed by atoms with van der Waals surface area (Å²) < 4.78 is 5.30. The third-order valence-electron chi connectivity index (χ3n) is 3.30. The zero-order valence-corrected chi connectivity index (χ0v) is 12.0. The first-order valence-electron chi connectivity index (χ1n) is 6.22. The number of nitrogens with one attached hydrogen (secondary N) is 1. The van der Waals surface area contributed by atoms with Gasteiger partial charge in [0.1, 0.15) is 23.3 Å². The second-order valence-corrected chi connectivity index (χ2v) is 4.39. The molecule has 5 heteroatoms. The maximum Gasteiger partial charge on any atom is 0.163 e. The molecule has 0 bridgehead atoms. The van der Waals surface area contributed by atoms with Crippen LogP contribution in [-0.4, -0.2) is 24.1 Å². The lowest BCUT2D eigenvalue weighted by atomic mass is 10.0. The monoisotopic (exact) mass is 268 g/mol. The molecular formula is C15H16N4O. The van der Waals surface area contributed by atoms with Crippen LogP contribution in [0.2, 0.25) is 0 Å². The molecule has 0 saturated heterocycles. The molecule has 2 aromatic rings. The summed E-state index contributed by atoms with van der Waals surface area (Å²) in [6.07, 6.45) is 0. The van der Waals surface area contributed by atoms with Crippen LogP contribution in [0.25, 0.3) is 11.4 Å². The largest absolute Gasteiger partial charge is 0.496 e. The molecule has 0 aliphatic rings. The molecule has 1 aromatic carbocycles. The number of nitriles is 1. The number of hydrogen-bond acceptors (Lipinski definition) is 5. The van der Waals surface area contributed by atoms with Gasteiger partial charge in [-0.05, 0) is 37.1 Å². The van der Waals surface area contributed by atoms with Crippen LogP contribution >= 0.6 is 0 Å². The summed E-state index contributed by atoms with van der Waals surface area (Å²) >= 11 is 0. The van der Waals surface area contributed by atoms with Crippen LogP contribution in [0.15, 0.2) is 18.2 Å². The van der Waals surface area contributed by atoms with E-state index in [0.717, 1.165) is 22.4 Å². The zero-order chi connectivity index (χ0) is 14.7. The van der Waals surface area contributed by atoms with Crippen molar-refractivity contribution >= 4 is 5.82 Å². The Morgan fingerprint density at radius 2 is 1.95 bits per heavy atom. The Balaban J connectivity index is 2.63. The second-order valence-electron chi connectivity index (χ2n) is 4.39. The number of hydrogen-bond donors (Lipinski definition) is 1. The first kappa shape index (κ1) is 13.8. The van der Waals surface area contributed by atoms with Crippen molar-refractivity contribution in [3.05, 3.63) is 35.0 Å². The van der Waals surface area contributed by atoms with Gasteiger partial charge in [-0.2, -0.15) is 5.26 Å². The van der Waals surface area contributed by atoms with Crippen LogP contribution in [0.3, 0.4) is 0 Å². The summed E-state index contributed by atoms with van der Waals surface area (Å²) in [5.41, 5.74) is 3.33. The van der Waals surface area contributed by atoms with E-state index < -0.39 is 0 Å². The van der Waals surface area contributed by atoms with Gasteiger partial charge in [-0.15, -0.1) is 0 Å². The van der Waals surface area contributed by atoms with Crippen molar-refractivity contribution < 1.29 is 4.74 Å². The predicted octanol–water partition coefficient (Wildman–Crippen LogP) is 2.68. The molecule has 5 nitrogen and oxygen atoms in total. The van der Waals surface area contributed by atoms with E-state index in [1.807, 2.05) is 26.0 Å². The molecular weight excluding hydrogens is 252 g/mol. The number of benzene rings is 1. The Hall–Kier alpha value is -2.61. The number of anilines is 1. The van der Waals surface area contributed by atoms with Gasteiger partial charge in [0.05, 0.1) is 7.11 Å². The molecule has 0 radical (unpaired) electrons. The maximum absolute atomic E-state index is 9.05. The van der Waals surface area contributed by atoms with Gasteiger partial charge in [0.15, 0.2) is 5.82 Å². The molecule has 0 fully saturated rings. The number of nitrogens with zero attached hydrogens (tertiary/aromatic N) is 3. The zero-order valence-electron chi connectivity index (χ0n) is 12.0. The molecule has 102 valence electrons. The molecule has 0 atom stereocenters. The van der Waals surface area contributed by atoms with E-state index in [9.17, 15) is 0 Å². The number of aromatic nitrogens is 2. The van der Waals surface area contributed by atoms with Crippen molar-refractivity contribution in [2.24, 2.45) is 0 Å². The van der Waals surface area contributed by atoms with Crippen molar-refractivity contribution in [3.63, 3.8) is 0 Å². The van der Waals surface area contributed by atoms with Crippen LogP contribution in [0.5, 0.6) is 5.75 Å². The minimum Gasteiger partial charge on any atom is -0.496 e. The van der Waals surface area contributed by atoms with Gasteiger partial charge in [0.25, 0.3) is 0 Å². The quantitative estimate of drug-likeness (QED) is 0.926. The Morgan fingerprint density at radius 3 is 2.55 bits per heavy atom. The lowest BCUT2D eigenvalue weighted by molar-refractivity contribution is 0.411. The highest BCUT2D eigenvalue weighted by atomic mass is 16.5. The first-order valence-corrected chi connectivity index (χ1v) is 6.22. The van der Waals surface area contributed by atoms with Gasteiger partial charge in [-0.25, -0.2) is 9.97 Å². The van der Waals surface area contributed by atoms with Crippen molar-refractivity contribution in [2.45, 2.75) is 13.8 Å². The Morgan fingerprint density at radius 1 is 1.20 bits per heavy atom. The van der Waals surface area contributed by atoms with Gasteiger partial charge in [0.2, 0.25) is 0 Å². The number of ether oxygens (including phenoxy) is 1. The summed E-state index contributed by atoms with van der Waals surface area (Å²) in [6.45, 7) is 3.99. The van der Waals surface area contributed by atoms with E-state index in [0.29, 0.717) is 17.3 Å². The molecule has 1 aromatic heterocycles. The molecule has 1 heterocycles. The second kappa shape index (κ2) is 5.57. The smallest absolute Gasteiger partial charge is 0.163 e. The van der Waals surface area contributed by atoms with Crippen LogP contribution < -0.4 is 10.1 Å². The van der Waals surface area contributed by atoms with Crippen LogP contribution in [-0.2, 0) is 0 Å². The first-order chi connectivity index (χ1) is 9.60. The maximum atomic E-state index is 9.05. The fraction of sp³-hybridized carbons (Fsp3) is 0.267. The van der Waals surface area contributed by atoms with Gasteiger partial charge >= 0.3 is 0 Å². The minimum absolute atomic E-state index is 0.340. The van der Waals surface area contributed by atoms with Crippen molar-refractivity contribution in [1.29, 1.82) is 5.26 Å². The third-order valence-corrected chi connectivity index (χ3v) is 3.30. The predicted molar refractivity (Wildman–Crippen MR) is 77.8 cm³/mol. The summed E-state index contributed by atoms with van der Waals surface area (Å²) in [5.74, 6) is 1.99. The van der Waals surface area contributed by atoms with E-state index in [1.54, 1.807) is 20.2 Å². The van der Waals surface area contributed by atoms with Gasteiger partial charge in [-0.1, -0.05) is 0 Å². The van der Waals surface area contributed by atoms with E-state index in [-0.39, 0.29) is 0 Å². The lowest BCUT2D eigenvalue weighted by Gasteiger charge is -2.12. The molecule has 0 saturated carbocycles. The lowest BCUT2D eigenvalue weighted by Crippen LogP contribution is -2.01. The highest BCUT2D eigenvalue weighted by Crippen LogP contribution is 2.29. The molecule has 1 N–H and O–H groups in total. The van der Waals surface area contributed by atoms with E-state index in [1.165, 1.54) is 0 Å². The van der Waals surface area contributed by atoms with E-state index in [2.05, 4.69) is 21.4 Å². The molecule has 0 aliphatic heterocycles. The molecule has 0 spiro atoms. The van der Waals surface area contributed by atoms with Crippen LogP contribution in [0.4, 0.5) is 5.82 Å². The van der Waals surface area contributed by atoms with Crippen LogP contribution in [0, 0.1) is 25.2 Å².